The van der Waals surface area contributed by atoms with Gasteiger partial charge in [-0.05, 0) is 24.6 Å². The third kappa shape index (κ3) is 1.77. The Kier molecular flexibility index (Phi) is 2.40. The summed E-state index contributed by atoms with van der Waals surface area (Å²) in [6, 6.07) is 0. The molecule has 1 unspecified atom stereocenters. The molecule has 1 atom stereocenters. The highest BCUT2D eigenvalue weighted by molar-refractivity contribution is 6.04. The van der Waals surface area contributed by atoms with E-state index in [1.165, 1.54) is 6.92 Å². The van der Waals surface area contributed by atoms with Crippen molar-refractivity contribution in [2.75, 3.05) is 7.05 Å². The van der Waals surface area contributed by atoms with Gasteiger partial charge in [-0.3, -0.25) is 0 Å². The van der Waals surface area contributed by atoms with E-state index in [1.807, 2.05) is 6.08 Å². The van der Waals surface area contributed by atoms with Gasteiger partial charge in [-0.2, -0.15) is 13.2 Å². The summed E-state index contributed by atoms with van der Waals surface area (Å²) in [5.41, 5.74) is 0.0978. The fourth-order valence-electron chi connectivity index (χ4n) is 1.83. The number of hydrogen-bond acceptors (Lipinski definition) is 2. The third-order valence-electron chi connectivity index (χ3n) is 2.64. The van der Waals surface area contributed by atoms with Gasteiger partial charge in [-0.25, -0.2) is 4.99 Å². The molecule has 0 aromatic carbocycles. The first-order chi connectivity index (χ1) is 7.41. The molecule has 1 heterocycles. The molecular weight excluding hydrogens is 217 g/mol. The fourth-order valence-corrected chi connectivity index (χ4v) is 1.83. The van der Waals surface area contributed by atoms with E-state index in [2.05, 4.69) is 10.3 Å². The second-order valence-corrected chi connectivity index (χ2v) is 3.77. The summed E-state index contributed by atoms with van der Waals surface area (Å²) in [6.07, 6.45) is 0.214. The predicted octanol–water partition coefficient (Wildman–Crippen LogP) is 2.57. The largest absolute Gasteiger partial charge is 0.416 e. The van der Waals surface area contributed by atoms with Crippen LogP contribution in [0.4, 0.5) is 13.2 Å². The number of fused-ring (bicyclic) bond motifs is 1. The number of nitrogens with one attached hydrogen (secondary N) is 1. The zero-order valence-corrected chi connectivity index (χ0v) is 8.89. The molecule has 0 saturated carbocycles. The van der Waals surface area contributed by atoms with Crippen molar-refractivity contribution in [2.45, 2.75) is 13.1 Å². The average molecular weight is 228 g/mol. The number of hydrogen-bond donors (Lipinski definition) is 1. The summed E-state index contributed by atoms with van der Waals surface area (Å²) in [6.45, 7) is 1.47. The van der Waals surface area contributed by atoms with Crippen LogP contribution in [0.2, 0.25) is 0 Å². The van der Waals surface area contributed by atoms with E-state index >= 15 is 0 Å². The van der Waals surface area contributed by atoms with Gasteiger partial charge < -0.3 is 5.32 Å². The monoisotopic (exact) mass is 228 g/mol. The smallest absolute Gasteiger partial charge is 0.373 e. The van der Waals surface area contributed by atoms with E-state index in [0.717, 1.165) is 6.08 Å². The van der Waals surface area contributed by atoms with Crippen LogP contribution in [-0.2, 0) is 0 Å². The highest BCUT2D eigenvalue weighted by Gasteiger charge is 2.38. The molecule has 5 heteroatoms. The van der Waals surface area contributed by atoms with Crippen molar-refractivity contribution in [2.24, 2.45) is 10.9 Å². The number of alkyl halides is 3. The molecule has 1 aliphatic carbocycles. The Morgan fingerprint density at radius 3 is 2.56 bits per heavy atom. The summed E-state index contributed by atoms with van der Waals surface area (Å²) in [4.78, 5) is 4.07. The maximum Gasteiger partial charge on any atom is 0.416 e. The van der Waals surface area contributed by atoms with Crippen LogP contribution in [0.1, 0.15) is 6.92 Å². The minimum atomic E-state index is -4.31. The van der Waals surface area contributed by atoms with E-state index < -0.39 is 11.7 Å². The highest BCUT2D eigenvalue weighted by atomic mass is 19.4. The van der Waals surface area contributed by atoms with Gasteiger partial charge in [0.15, 0.2) is 0 Å². The standard InChI is InChI=1S/C11H11F3N2/c1-6-3-7-4-10(15-2)16-9(7)5-8(6)11(12,13)14/h3-5,7,15H,1-2H3. The number of allylic oxidation sites excluding steroid dienone is 5. The second-order valence-electron chi connectivity index (χ2n) is 3.77. The van der Waals surface area contributed by atoms with Crippen molar-refractivity contribution >= 4 is 5.71 Å². The second kappa shape index (κ2) is 3.50. The molecular formula is C11H11F3N2. The number of rotatable bonds is 1. The van der Waals surface area contributed by atoms with E-state index in [1.54, 1.807) is 13.1 Å². The molecule has 0 aromatic heterocycles. The summed E-state index contributed by atoms with van der Waals surface area (Å²) < 4.78 is 37.9. The zero-order valence-electron chi connectivity index (χ0n) is 8.89. The Hall–Kier alpha value is -1.52. The van der Waals surface area contributed by atoms with E-state index in [0.29, 0.717) is 11.5 Å². The van der Waals surface area contributed by atoms with Gasteiger partial charge in [0.25, 0.3) is 0 Å². The average Bonchev–Trinajstić information content (AvgIpc) is 2.56. The molecule has 0 amide bonds. The lowest BCUT2D eigenvalue weighted by molar-refractivity contribution is -0.0893. The van der Waals surface area contributed by atoms with Crippen molar-refractivity contribution in [3.8, 4) is 0 Å². The lowest BCUT2D eigenvalue weighted by Gasteiger charge is -2.19. The van der Waals surface area contributed by atoms with Crippen molar-refractivity contribution in [3.63, 3.8) is 0 Å². The maximum absolute atomic E-state index is 12.6. The highest BCUT2D eigenvalue weighted by Crippen LogP contribution is 2.36. The first-order valence-corrected chi connectivity index (χ1v) is 4.87. The van der Waals surface area contributed by atoms with Crippen molar-refractivity contribution in [3.05, 3.63) is 35.2 Å². The quantitative estimate of drug-likeness (QED) is 0.732. The van der Waals surface area contributed by atoms with Gasteiger partial charge in [0.05, 0.1) is 11.3 Å². The lowest BCUT2D eigenvalue weighted by atomic mass is 9.90. The van der Waals surface area contributed by atoms with Gasteiger partial charge in [-0.1, -0.05) is 6.08 Å². The normalized spacial score (nSPS) is 24.2. The fraction of sp³-hybridized carbons (Fsp3) is 0.364. The van der Waals surface area contributed by atoms with Crippen LogP contribution < -0.4 is 5.32 Å². The van der Waals surface area contributed by atoms with E-state index in [4.69, 9.17) is 0 Å². The molecule has 2 aliphatic rings. The van der Waals surface area contributed by atoms with Gasteiger partial charge in [0, 0.05) is 13.0 Å². The molecule has 86 valence electrons. The zero-order chi connectivity index (χ0) is 11.9. The van der Waals surface area contributed by atoms with Crippen molar-refractivity contribution in [1.82, 2.24) is 5.32 Å². The summed E-state index contributed by atoms with van der Waals surface area (Å²) >= 11 is 0. The Labute approximate surface area is 91.2 Å². The molecule has 0 saturated heterocycles. The molecule has 1 aliphatic heterocycles. The Morgan fingerprint density at radius 1 is 1.31 bits per heavy atom. The molecule has 0 radical (unpaired) electrons. The van der Waals surface area contributed by atoms with Gasteiger partial charge >= 0.3 is 6.18 Å². The minimum absolute atomic E-state index is 0.131. The number of nitrogens with zero attached hydrogens (tertiary/aromatic N) is 1. The van der Waals surface area contributed by atoms with Gasteiger partial charge in [-0.15, -0.1) is 0 Å². The molecule has 16 heavy (non-hydrogen) atoms. The SMILES string of the molecule is CNC1=CC2C=C(C)C(C(F)(F)F)=CC2=N1. The van der Waals surface area contributed by atoms with Crippen molar-refractivity contribution < 1.29 is 13.2 Å². The summed E-state index contributed by atoms with van der Waals surface area (Å²) in [5, 5.41) is 2.82. The minimum Gasteiger partial charge on any atom is -0.373 e. The number of halogens is 3. The first-order valence-electron chi connectivity index (χ1n) is 4.87. The molecule has 2 nitrogen and oxygen atoms in total. The van der Waals surface area contributed by atoms with Crippen LogP contribution in [0.25, 0.3) is 0 Å². The van der Waals surface area contributed by atoms with E-state index in [-0.39, 0.29) is 11.5 Å². The van der Waals surface area contributed by atoms with Crippen LogP contribution >= 0.6 is 0 Å². The van der Waals surface area contributed by atoms with Crippen LogP contribution in [0.5, 0.6) is 0 Å². The Balaban J connectivity index is 2.39. The first kappa shape index (κ1) is 11.0. The lowest BCUT2D eigenvalue weighted by Crippen LogP contribution is -2.20. The van der Waals surface area contributed by atoms with Gasteiger partial charge in [0.2, 0.25) is 0 Å². The topological polar surface area (TPSA) is 24.4 Å². The van der Waals surface area contributed by atoms with E-state index in [9.17, 15) is 13.2 Å². The molecule has 0 fully saturated rings. The summed E-state index contributed by atoms with van der Waals surface area (Å²) in [5.74, 6) is 0.484. The Bertz CT molecular complexity index is 439. The Morgan fingerprint density at radius 2 is 2.00 bits per heavy atom. The maximum atomic E-state index is 12.6. The van der Waals surface area contributed by atoms with Crippen LogP contribution in [0.3, 0.4) is 0 Å². The van der Waals surface area contributed by atoms with Crippen LogP contribution in [0, 0.1) is 5.92 Å². The van der Waals surface area contributed by atoms with Crippen molar-refractivity contribution in [1.29, 1.82) is 0 Å². The molecule has 1 N–H and O–H groups in total. The third-order valence-corrected chi connectivity index (χ3v) is 2.64. The molecule has 2 rings (SSSR count). The molecule has 0 bridgehead atoms. The molecule has 0 spiro atoms. The van der Waals surface area contributed by atoms with Gasteiger partial charge in [0.1, 0.15) is 5.82 Å². The van der Waals surface area contributed by atoms with Crippen LogP contribution in [0.15, 0.2) is 40.2 Å². The number of aliphatic imine (C=N–C) groups is 1. The predicted molar refractivity (Wildman–Crippen MR) is 56.0 cm³/mol. The summed E-state index contributed by atoms with van der Waals surface area (Å²) in [7, 11) is 1.69. The molecule has 0 aromatic rings. The van der Waals surface area contributed by atoms with Crippen LogP contribution in [-0.4, -0.2) is 18.9 Å².